The van der Waals surface area contributed by atoms with Crippen LogP contribution in [0.5, 0.6) is 5.75 Å². The number of hydrogen-bond acceptors (Lipinski definition) is 6. The maximum Gasteiger partial charge on any atom is 0.410 e. The summed E-state index contributed by atoms with van der Waals surface area (Å²) in [7, 11) is 2.41. The van der Waals surface area contributed by atoms with E-state index in [-0.39, 0.29) is 6.54 Å². The molecule has 0 amide bonds. The first-order valence-electron chi connectivity index (χ1n) is 5.61. The molecule has 0 aliphatic carbocycles. The van der Waals surface area contributed by atoms with Crippen molar-refractivity contribution in [2.24, 2.45) is 0 Å². The Kier molecular flexibility index (Phi) is 4.14. The molecule has 0 fully saturated rings. The Morgan fingerprint density at radius 2 is 2.10 bits per heavy atom. The Morgan fingerprint density at radius 1 is 1.43 bits per heavy atom. The van der Waals surface area contributed by atoms with Crippen LogP contribution in [-0.4, -0.2) is 30.2 Å². The highest BCUT2D eigenvalue weighted by Crippen LogP contribution is 2.26. The number of benzene rings is 1. The normalized spacial score (nSPS) is 11.3. The number of nitrogens with zero attached hydrogens (tertiary/aromatic N) is 3. The summed E-state index contributed by atoms with van der Waals surface area (Å²) in [6, 6.07) is 6.98. The molecule has 1 aromatic carbocycles. The number of aromatic nitrogens is 2. The van der Waals surface area contributed by atoms with Crippen molar-refractivity contribution < 1.29 is 18.1 Å². The summed E-state index contributed by atoms with van der Waals surface area (Å²) < 4.78 is 28.9. The average Bonchev–Trinajstić information content (AvgIpc) is 2.83. The van der Waals surface area contributed by atoms with Gasteiger partial charge in [0.05, 0.1) is 25.0 Å². The molecule has 2 aromatic rings. The van der Waals surface area contributed by atoms with Crippen molar-refractivity contribution in [2.75, 3.05) is 7.11 Å². The van der Waals surface area contributed by atoms with Gasteiger partial charge in [0.2, 0.25) is 4.90 Å². The van der Waals surface area contributed by atoms with E-state index in [1.54, 1.807) is 24.3 Å². The highest BCUT2D eigenvalue weighted by molar-refractivity contribution is 8.13. The number of ether oxygens (including phenoxy) is 1. The van der Waals surface area contributed by atoms with Gasteiger partial charge in [0, 0.05) is 16.2 Å². The monoisotopic (exact) mass is 331 g/mol. The van der Waals surface area contributed by atoms with Gasteiger partial charge >= 0.3 is 5.82 Å². The summed E-state index contributed by atoms with van der Waals surface area (Å²) >= 11 is 0. The Hall–Kier alpha value is -2.13. The van der Waals surface area contributed by atoms with Crippen molar-refractivity contribution >= 4 is 25.6 Å². The fraction of sp³-hybridized carbons (Fsp3) is 0.182. The zero-order chi connectivity index (χ0) is 15.6. The second-order valence-corrected chi connectivity index (χ2v) is 6.56. The van der Waals surface area contributed by atoms with Gasteiger partial charge in [0.1, 0.15) is 5.75 Å². The van der Waals surface area contributed by atoms with E-state index in [0.29, 0.717) is 11.3 Å². The number of methoxy groups -OCH3 is 1. The maximum atomic E-state index is 11.3. The number of rotatable bonds is 5. The molecule has 10 heteroatoms. The zero-order valence-electron chi connectivity index (χ0n) is 10.8. The molecular formula is C11H10ClN3O5S. The molecule has 0 radical (unpaired) electrons. The molecule has 0 aliphatic rings. The lowest BCUT2D eigenvalue weighted by molar-refractivity contribution is -0.392. The van der Waals surface area contributed by atoms with Crippen molar-refractivity contribution in [3.8, 4) is 5.75 Å². The standard InChI is InChI=1S/C11H10ClN3O5S/c1-20-9-5-3-2-4-8(9)6-14-7-10(21(12,18)19)11(13-14)15(16)17/h2-5,7H,6H2,1H3. The molecule has 0 saturated carbocycles. The van der Waals surface area contributed by atoms with Crippen molar-refractivity contribution in [2.45, 2.75) is 11.4 Å². The lowest BCUT2D eigenvalue weighted by Crippen LogP contribution is -2.03. The molecule has 0 bridgehead atoms. The second-order valence-electron chi connectivity index (χ2n) is 4.02. The Balaban J connectivity index is 2.45. The fourth-order valence-corrected chi connectivity index (χ4v) is 2.69. The fourth-order valence-electron chi connectivity index (χ4n) is 1.78. The SMILES string of the molecule is COc1ccccc1Cn1cc(S(=O)(=O)Cl)c([N+](=O)[O-])n1. The van der Waals surface area contributed by atoms with Crippen LogP contribution in [-0.2, 0) is 15.6 Å². The van der Waals surface area contributed by atoms with Gasteiger partial charge in [-0.25, -0.2) is 8.42 Å². The van der Waals surface area contributed by atoms with E-state index >= 15 is 0 Å². The van der Waals surface area contributed by atoms with E-state index in [0.717, 1.165) is 10.9 Å². The highest BCUT2D eigenvalue weighted by Gasteiger charge is 2.30. The number of para-hydroxylation sites is 1. The van der Waals surface area contributed by atoms with Crippen molar-refractivity contribution in [1.82, 2.24) is 9.78 Å². The molecule has 2 rings (SSSR count). The number of nitro groups is 1. The summed E-state index contributed by atoms with van der Waals surface area (Å²) in [5.41, 5.74) is 0.691. The molecule has 0 aliphatic heterocycles. The van der Waals surface area contributed by atoms with Crippen LogP contribution >= 0.6 is 10.7 Å². The molecule has 21 heavy (non-hydrogen) atoms. The minimum atomic E-state index is -4.25. The number of hydrogen-bond donors (Lipinski definition) is 0. The largest absolute Gasteiger partial charge is 0.496 e. The third-order valence-corrected chi connectivity index (χ3v) is 3.98. The average molecular weight is 332 g/mol. The molecule has 0 unspecified atom stereocenters. The van der Waals surface area contributed by atoms with Crippen LogP contribution in [0.2, 0.25) is 0 Å². The van der Waals surface area contributed by atoms with Gasteiger partial charge in [-0.2, -0.15) is 4.68 Å². The Bertz CT molecular complexity index is 787. The smallest absolute Gasteiger partial charge is 0.410 e. The first kappa shape index (κ1) is 15.3. The molecule has 1 aromatic heterocycles. The van der Waals surface area contributed by atoms with E-state index in [2.05, 4.69) is 5.10 Å². The van der Waals surface area contributed by atoms with Crippen molar-refractivity contribution in [1.29, 1.82) is 0 Å². The zero-order valence-corrected chi connectivity index (χ0v) is 12.3. The first-order valence-corrected chi connectivity index (χ1v) is 7.92. The predicted molar refractivity (Wildman–Crippen MR) is 74.0 cm³/mol. The van der Waals surface area contributed by atoms with E-state index in [4.69, 9.17) is 15.4 Å². The van der Waals surface area contributed by atoms with Crippen LogP contribution in [0, 0.1) is 10.1 Å². The Morgan fingerprint density at radius 3 is 2.62 bits per heavy atom. The van der Waals surface area contributed by atoms with Crippen LogP contribution in [0.1, 0.15) is 5.56 Å². The molecule has 8 nitrogen and oxygen atoms in total. The summed E-state index contributed by atoms with van der Waals surface area (Å²) in [4.78, 5) is 9.31. The van der Waals surface area contributed by atoms with Gasteiger partial charge in [0.15, 0.2) is 0 Å². The van der Waals surface area contributed by atoms with Gasteiger partial charge in [-0.05, 0) is 11.0 Å². The summed E-state index contributed by atoms with van der Waals surface area (Å²) in [5, 5.41) is 14.5. The highest BCUT2D eigenvalue weighted by atomic mass is 35.7. The summed E-state index contributed by atoms with van der Waals surface area (Å²) in [6.45, 7) is 0.108. The van der Waals surface area contributed by atoms with E-state index in [9.17, 15) is 18.5 Å². The van der Waals surface area contributed by atoms with Crippen LogP contribution in [0.25, 0.3) is 0 Å². The minimum Gasteiger partial charge on any atom is -0.496 e. The van der Waals surface area contributed by atoms with Gasteiger partial charge in [-0.3, -0.25) is 0 Å². The molecule has 0 N–H and O–H groups in total. The predicted octanol–water partition coefficient (Wildman–Crippen LogP) is 1.78. The van der Waals surface area contributed by atoms with Crippen LogP contribution in [0.3, 0.4) is 0 Å². The molecule has 0 atom stereocenters. The second kappa shape index (κ2) is 5.70. The third kappa shape index (κ3) is 3.31. The van der Waals surface area contributed by atoms with E-state index in [1.165, 1.54) is 7.11 Å². The minimum absolute atomic E-state index is 0.108. The maximum absolute atomic E-state index is 11.3. The van der Waals surface area contributed by atoms with E-state index in [1.807, 2.05) is 0 Å². The molecule has 0 saturated heterocycles. The molecule has 0 spiro atoms. The molecular weight excluding hydrogens is 322 g/mol. The quantitative estimate of drug-likeness (QED) is 0.470. The summed E-state index contributed by atoms with van der Waals surface area (Å²) in [5.74, 6) is -0.245. The van der Waals surface area contributed by atoms with Gasteiger partial charge in [-0.1, -0.05) is 18.2 Å². The van der Waals surface area contributed by atoms with Gasteiger partial charge in [-0.15, -0.1) is 0 Å². The number of halogens is 1. The molecule has 112 valence electrons. The first-order chi connectivity index (χ1) is 9.82. The van der Waals surface area contributed by atoms with E-state index < -0.39 is 24.7 Å². The van der Waals surface area contributed by atoms with Crippen molar-refractivity contribution in [3.05, 3.63) is 46.1 Å². The van der Waals surface area contributed by atoms with Crippen LogP contribution in [0.4, 0.5) is 5.82 Å². The molecule has 1 heterocycles. The lowest BCUT2D eigenvalue weighted by Gasteiger charge is -2.05. The van der Waals surface area contributed by atoms with Crippen LogP contribution in [0.15, 0.2) is 35.4 Å². The van der Waals surface area contributed by atoms with Gasteiger partial charge in [0.25, 0.3) is 9.05 Å². The summed E-state index contributed by atoms with van der Waals surface area (Å²) in [6.07, 6.45) is 1.02. The topological polar surface area (TPSA) is 104 Å². The lowest BCUT2D eigenvalue weighted by atomic mass is 10.2. The van der Waals surface area contributed by atoms with Crippen LogP contribution < -0.4 is 4.74 Å². The van der Waals surface area contributed by atoms with Gasteiger partial charge < -0.3 is 14.9 Å². The third-order valence-electron chi connectivity index (χ3n) is 2.67. The Labute approximate surface area is 124 Å². The van der Waals surface area contributed by atoms with Crippen molar-refractivity contribution in [3.63, 3.8) is 0 Å².